The Hall–Kier alpha value is -1.04. The van der Waals surface area contributed by atoms with Gasteiger partial charge in [-0.3, -0.25) is 10.1 Å². The Bertz CT molecular complexity index is 281. The second kappa shape index (κ2) is 3.78. The lowest BCUT2D eigenvalue weighted by molar-refractivity contribution is -0.119. The van der Waals surface area contributed by atoms with Crippen LogP contribution in [0.15, 0.2) is 6.33 Å². The monoisotopic (exact) mass is 198 g/mol. The summed E-state index contributed by atoms with van der Waals surface area (Å²) in [5.74, 6) is 2.60. The molecule has 5 nitrogen and oxygen atoms in total. The van der Waals surface area contributed by atoms with E-state index in [1.807, 2.05) is 11.8 Å². The van der Waals surface area contributed by atoms with Gasteiger partial charge in [0.25, 0.3) is 0 Å². The number of nitrogens with one attached hydrogen (secondary N) is 2. The molecule has 1 saturated heterocycles. The summed E-state index contributed by atoms with van der Waals surface area (Å²) in [6, 6.07) is 0. The molecule has 1 fully saturated rings. The molecule has 0 bridgehead atoms. The SMILES string of the molecule is O=C(Nc1ncn[nH]1)C1CCSC1. The first-order chi connectivity index (χ1) is 6.36. The summed E-state index contributed by atoms with van der Waals surface area (Å²) < 4.78 is 0. The Kier molecular flexibility index (Phi) is 2.49. The number of rotatable bonds is 2. The third-order valence-corrected chi connectivity index (χ3v) is 3.12. The Morgan fingerprint density at radius 3 is 3.31 bits per heavy atom. The molecule has 70 valence electrons. The van der Waals surface area contributed by atoms with Crippen molar-refractivity contribution >= 4 is 23.6 Å². The van der Waals surface area contributed by atoms with Gasteiger partial charge in [0.15, 0.2) is 0 Å². The van der Waals surface area contributed by atoms with Crippen molar-refractivity contribution in [2.75, 3.05) is 16.8 Å². The molecule has 0 radical (unpaired) electrons. The molecule has 1 aromatic heterocycles. The van der Waals surface area contributed by atoms with E-state index in [9.17, 15) is 4.79 Å². The number of anilines is 1. The number of thioether (sulfide) groups is 1. The molecule has 1 unspecified atom stereocenters. The highest BCUT2D eigenvalue weighted by molar-refractivity contribution is 7.99. The van der Waals surface area contributed by atoms with Gasteiger partial charge < -0.3 is 0 Å². The van der Waals surface area contributed by atoms with Crippen LogP contribution in [0, 0.1) is 5.92 Å². The fraction of sp³-hybridized carbons (Fsp3) is 0.571. The number of hydrogen-bond donors (Lipinski definition) is 2. The topological polar surface area (TPSA) is 70.7 Å². The van der Waals surface area contributed by atoms with Crippen LogP contribution in [0.5, 0.6) is 0 Å². The molecule has 1 atom stereocenters. The van der Waals surface area contributed by atoms with Gasteiger partial charge in [-0.1, -0.05) is 0 Å². The van der Waals surface area contributed by atoms with Crippen LogP contribution >= 0.6 is 11.8 Å². The zero-order valence-corrected chi connectivity index (χ0v) is 7.80. The molecule has 0 aromatic carbocycles. The summed E-state index contributed by atoms with van der Waals surface area (Å²) >= 11 is 1.82. The van der Waals surface area contributed by atoms with Gasteiger partial charge in [0.05, 0.1) is 0 Å². The minimum atomic E-state index is 0.0433. The zero-order valence-electron chi connectivity index (χ0n) is 6.99. The first-order valence-corrected chi connectivity index (χ1v) is 5.25. The maximum absolute atomic E-state index is 11.5. The van der Waals surface area contributed by atoms with Crippen molar-refractivity contribution in [3.63, 3.8) is 0 Å². The van der Waals surface area contributed by atoms with Crippen molar-refractivity contribution in [1.82, 2.24) is 15.2 Å². The quantitative estimate of drug-likeness (QED) is 0.725. The predicted octanol–water partition coefficient (Wildman–Crippen LogP) is 0.496. The number of amides is 1. The summed E-state index contributed by atoms with van der Waals surface area (Å²) in [4.78, 5) is 15.3. The second-order valence-electron chi connectivity index (χ2n) is 2.88. The van der Waals surface area contributed by atoms with E-state index in [4.69, 9.17) is 0 Å². The smallest absolute Gasteiger partial charge is 0.230 e. The number of aromatic nitrogens is 3. The number of H-pyrrole nitrogens is 1. The highest BCUT2D eigenvalue weighted by Gasteiger charge is 2.23. The van der Waals surface area contributed by atoms with Gasteiger partial charge in [-0.05, 0) is 12.2 Å². The summed E-state index contributed by atoms with van der Waals surface area (Å²) in [6.45, 7) is 0. The van der Waals surface area contributed by atoms with Crippen LogP contribution < -0.4 is 5.32 Å². The Morgan fingerprint density at radius 1 is 1.77 bits per heavy atom. The Morgan fingerprint density at radius 2 is 2.69 bits per heavy atom. The van der Waals surface area contributed by atoms with Crippen LogP contribution in [-0.4, -0.2) is 32.6 Å². The first-order valence-electron chi connectivity index (χ1n) is 4.10. The molecule has 1 aliphatic rings. The van der Waals surface area contributed by atoms with Crippen LogP contribution in [0.4, 0.5) is 5.95 Å². The van der Waals surface area contributed by atoms with E-state index in [2.05, 4.69) is 20.5 Å². The van der Waals surface area contributed by atoms with E-state index in [-0.39, 0.29) is 11.8 Å². The van der Waals surface area contributed by atoms with Crippen LogP contribution in [0.1, 0.15) is 6.42 Å². The maximum Gasteiger partial charge on any atom is 0.230 e. The Labute approximate surface area is 79.7 Å². The number of carbonyl (C=O) groups is 1. The van der Waals surface area contributed by atoms with Gasteiger partial charge in [0.1, 0.15) is 6.33 Å². The third kappa shape index (κ3) is 2.00. The van der Waals surface area contributed by atoms with Gasteiger partial charge >= 0.3 is 0 Å². The molecule has 1 aromatic rings. The summed E-state index contributed by atoms with van der Waals surface area (Å²) in [6.07, 6.45) is 2.34. The molecule has 0 aliphatic carbocycles. The Balaban J connectivity index is 1.91. The van der Waals surface area contributed by atoms with Crippen molar-refractivity contribution in [3.8, 4) is 0 Å². The summed E-state index contributed by atoms with van der Waals surface area (Å²) in [5.41, 5.74) is 0. The second-order valence-corrected chi connectivity index (χ2v) is 4.03. The van der Waals surface area contributed by atoms with Gasteiger partial charge in [0.2, 0.25) is 11.9 Å². The number of carbonyl (C=O) groups excluding carboxylic acids is 1. The molecule has 1 aliphatic heterocycles. The van der Waals surface area contributed by atoms with Gasteiger partial charge in [-0.15, -0.1) is 0 Å². The largest absolute Gasteiger partial charge is 0.295 e. The lowest BCUT2D eigenvalue weighted by Gasteiger charge is -2.06. The van der Waals surface area contributed by atoms with Crippen LogP contribution in [-0.2, 0) is 4.79 Å². The maximum atomic E-state index is 11.5. The molecule has 2 rings (SSSR count). The highest BCUT2D eigenvalue weighted by Crippen LogP contribution is 2.23. The fourth-order valence-corrected chi connectivity index (χ4v) is 2.45. The summed E-state index contributed by atoms with van der Waals surface area (Å²) in [7, 11) is 0. The molecule has 2 N–H and O–H groups in total. The van der Waals surface area contributed by atoms with Crippen molar-refractivity contribution in [2.24, 2.45) is 5.92 Å². The fourth-order valence-electron chi connectivity index (χ4n) is 1.23. The lowest BCUT2D eigenvalue weighted by atomic mass is 10.1. The molecule has 1 amide bonds. The molecule has 0 spiro atoms. The normalized spacial score (nSPS) is 21.7. The van der Waals surface area contributed by atoms with Crippen LogP contribution in [0.2, 0.25) is 0 Å². The van der Waals surface area contributed by atoms with E-state index in [0.717, 1.165) is 17.9 Å². The lowest BCUT2D eigenvalue weighted by Crippen LogP contribution is -2.22. The number of aromatic amines is 1. The van der Waals surface area contributed by atoms with Crippen molar-refractivity contribution in [3.05, 3.63) is 6.33 Å². The van der Waals surface area contributed by atoms with Crippen molar-refractivity contribution in [1.29, 1.82) is 0 Å². The van der Waals surface area contributed by atoms with Gasteiger partial charge in [-0.2, -0.15) is 21.8 Å². The van der Waals surface area contributed by atoms with Crippen molar-refractivity contribution in [2.45, 2.75) is 6.42 Å². The standard InChI is InChI=1S/C7H10N4OS/c12-6(5-1-2-13-3-5)10-7-8-4-9-11-7/h4-5H,1-3H2,(H2,8,9,10,11,12). The average Bonchev–Trinajstić information content (AvgIpc) is 2.74. The molecular weight excluding hydrogens is 188 g/mol. The van der Waals surface area contributed by atoms with Crippen LogP contribution in [0.3, 0.4) is 0 Å². The summed E-state index contributed by atoms with van der Waals surface area (Å²) in [5, 5.41) is 8.92. The van der Waals surface area contributed by atoms with Crippen LogP contribution in [0.25, 0.3) is 0 Å². The number of hydrogen-bond acceptors (Lipinski definition) is 4. The third-order valence-electron chi connectivity index (χ3n) is 1.96. The van der Waals surface area contributed by atoms with E-state index < -0.39 is 0 Å². The molecular formula is C7H10N4OS. The minimum Gasteiger partial charge on any atom is -0.295 e. The van der Waals surface area contributed by atoms with E-state index in [1.165, 1.54) is 6.33 Å². The molecule has 2 heterocycles. The molecule has 6 heteroatoms. The zero-order chi connectivity index (χ0) is 9.10. The number of nitrogens with zero attached hydrogens (tertiary/aromatic N) is 2. The van der Waals surface area contributed by atoms with E-state index in [0.29, 0.717) is 5.95 Å². The van der Waals surface area contributed by atoms with E-state index in [1.54, 1.807) is 0 Å². The van der Waals surface area contributed by atoms with Gasteiger partial charge in [-0.25, -0.2) is 5.10 Å². The molecule has 13 heavy (non-hydrogen) atoms. The molecule has 0 saturated carbocycles. The minimum absolute atomic E-state index is 0.0433. The first kappa shape index (κ1) is 8.55. The predicted molar refractivity (Wildman–Crippen MR) is 50.4 cm³/mol. The van der Waals surface area contributed by atoms with Gasteiger partial charge in [0, 0.05) is 11.7 Å². The average molecular weight is 198 g/mol. The highest BCUT2D eigenvalue weighted by atomic mass is 32.2. The van der Waals surface area contributed by atoms with Crippen molar-refractivity contribution < 1.29 is 4.79 Å². The van der Waals surface area contributed by atoms with E-state index >= 15 is 0 Å².